The second-order valence-electron chi connectivity index (χ2n) is 7.42. The van der Waals surface area contributed by atoms with Gasteiger partial charge in [0.15, 0.2) is 12.4 Å². The molecule has 1 heterocycles. The Labute approximate surface area is 151 Å². The molecule has 5 nitrogen and oxygen atoms in total. The van der Waals surface area contributed by atoms with E-state index in [2.05, 4.69) is 0 Å². The standard InChI is InChI=1S/C19H19ClN2O3/c1-18(2)10-19(7-13(8-21)17(18)24)11-22(12-19)16(23)9-25-15-5-3-4-14(20)6-15/h3-7H,9-12H2,1-2H3. The molecule has 0 atom stereocenters. The van der Waals surface area contributed by atoms with Gasteiger partial charge in [-0.05, 0) is 24.6 Å². The summed E-state index contributed by atoms with van der Waals surface area (Å²) in [7, 11) is 0. The number of likely N-dealkylation sites (tertiary alicyclic amines) is 1. The molecule has 1 saturated heterocycles. The largest absolute Gasteiger partial charge is 0.484 e. The van der Waals surface area contributed by atoms with Gasteiger partial charge in [-0.3, -0.25) is 9.59 Å². The van der Waals surface area contributed by atoms with Crippen molar-refractivity contribution in [2.75, 3.05) is 19.7 Å². The van der Waals surface area contributed by atoms with Crippen LogP contribution in [0.1, 0.15) is 20.3 Å². The highest BCUT2D eigenvalue weighted by Gasteiger charge is 2.52. The van der Waals surface area contributed by atoms with E-state index in [0.29, 0.717) is 30.3 Å². The van der Waals surface area contributed by atoms with Crippen molar-refractivity contribution in [2.45, 2.75) is 20.3 Å². The van der Waals surface area contributed by atoms with E-state index in [-0.39, 0.29) is 29.3 Å². The molecular formula is C19H19ClN2O3. The summed E-state index contributed by atoms with van der Waals surface area (Å²) >= 11 is 5.89. The van der Waals surface area contributed by atoms with Crippen molar-refractivity contribution in [3.63, 3.8) is 0 Å². The predicted octanol–water partition coefficient (Wildman–Crippen LogP) is 3.00. The minimum atomic E-state index is -0.577. The average Bonchev–Trinajstić information content (AvgIpc) is 2.53. The lowest BCUT2D eigenvalue weighted by Crippen LogP contribution is -2.61. The lowest BCUT2D eigenvalue weighted by Gasteiger charge is -2.53. The topological polar surface area (TPSA) is 70.4 Å². The Morgan fingerprint density at radius 2 is 2.12 bits per heavy atom. The number of hydrogen-bond acceptors (Lipinski definition) is 4. The summed E-state index contributed by atoms with van der Waals surface area (Å²) in [6, 6.07) is 8.90. The number of nitriles is 1. The maximum Gasteiger partial charge on any atom is 0.260 e. The number of nitrogens with zero attached hydrogens (tertiary/aromatic N) is 2. The monoisotopic (exact) mass is 358 g/mol. The van der Waals surface area contributed by atoms with E-state index in [1.807, 2.05) is 19.9 Å². The van der Waals surface area contributed by atoms with E-state index in [1.165, 1.54) is 0 Å². The van der Waals surface area contributed by atoms with Crippen LogP contribution in [0, 0.1) is 22.2 Å². The molecule has 0 N–H and O–H groups in total. The Morgan fingerprint density at radius 3 is 2.76 bits per heavy atom. The fourth-order valence-corrected chi connectivity index (χ4v) is 3.90. The van der Waals surface area contributed by atoms with Crippen LogP contribution in [0.2, 0.25) is 5.02 Å². The second-order valence-corrected chi connectivity index (χ2v) is 7.85. The molecule has 25 heavy (non-hydrogen) atoms. The average molecular weight is 359 g/mol. The maximum atomic E-state index is 12.3. The van der Waals surface area contributed by atoms with Gasteiger partial charge in [0.25, 0.3) is 5.91 Å². The number of amides is 1. The third-order valence-corrected chi connectivity index (χ3v) is 4.98. The Balaban J connectivity index is 1.62. The van der Waals surface area contributed by atoms with Crippen LogP contribution in [-0.2, 0) is 9.59 Å². The highest BCUT2D eigenvalue weighted by atomic mass is 35.5. The molecule has 130 valence electrons. The van der Waals surface area contributed by atoms with Crippen LogP contribution in [0.4, 0.5) is 0 Å². The normalized spacial score (nSPS) is 20.5. The smallest absolute Gasteiger partial charge is 0.260 e. The van der Waals surface area contributed by atoms with Crippen LogP contribution < -0.4 is 4.74 Å². The highest BCUT2D eigenvalue weighted by molar-refractivity contribution is 6.30. The molecule has 0 bridgehead atoms. The molecule has 6 heteroatoms. The van der Waals surface area contributed by atoms with Crippen LogP contribution >= 0.6 is 11.6 Å². The van der Waals surface area contributed by atoms with Gasteiger partial charge in [-0.1, -0.05) is 37.6 Å². The molecule has 1 aromatic rings. The van der Waals surface area contributed by atoms with Gasteiger partial charge in [0.1, 0.15) is 11.8 Å². The number of rotatable bonds is 3. The van der Waals surface area contributed by atoms with Crippen LogP contribution in [0.25, 0.3) is 0 Å². The molecule has 1 spiro atoms. The van der Waals surface area contributed by atoms with E-state index in [0.717, 1.165) is 0 Å². The number of benzene rings is 1. The third-order valence-electron chi connectivity index (χ3n) is 4.75. The summed E-state index contributed by atoms with van der Waals surface area (Å²) in [6.07, 6.45) is 2.39. The van der Waals surface area contributed by atoms with Crippen molar-refractivity contribution in [3.05, 3.63) is 40.9 Å². The number of hydrogen-bond donors (Lipinski definition) is 0. The van der Waals surface area contributed by atoms with Crippen LogP contribution in [0.3, 0.4) is 0 Å². The first-order chi connectivity index (χ1) is 11.7. The Bertz CT molecular complexity index is 801. The molecule has 1 aliphatic heterocycles. The van der Waals surface area contributed by atoms with Crippen molar-refractivity contribution >= 4 is 23.3 Å². The van der Waals surface area contributed by atoms with Gasteiger partial charge >= 0.3 is 0 Å². The quantitative estimate of drug-likeness (QED) is 0.832. The molecule has 1 aliphatic carbocycles. The van der Waals surface area contributed by atoms with Crippen molar-refractivity contribution in [3.8, 4) is 11.8 Å². The minimum absolute atomic E-state index is 0.0619. The van der Waals surface area contributed by atoms with Crippen molar-refractivity contribution in [1.29, 1.82) is 5.26 Å². The maximum absolute atomic E-state index is 12.3. The fraction of sp³-hybridized carbons (Fsp3) is 0.421. The van der Waals surface area contributed by atoms with Gasteiger partial charge in [-0.25, -0.2) is 0 Å². The van der Waals surface area contributed by atoms with Gasteiger partial charge in [-0.15, -0.1) is 0 Å². The number of carbonyl (C=O) groups excluding carboxylic acids is 2. The van der Waals surface area contributed by atoms with Gasteiger partial charge in [-0.2, -0.15) is 5.26 Å². The number of ketones is 1. The lowest BCUT2D eigenvalue weighted by atomic mass is 9.61. The van der Waals surface area contributed by atoms with Crippen LogP contribution in [-0.4, -0.2) is 36.3 Å². The van der Waals surface area contributed by atoms with Crippen LogP contribution in [0.15, 0.2) is 35.9 Å². The molecular weight excluding hydrogens is 340 g/mol. The minimum Gasteiger partial charge on any atom is -0.484 e. The van der Waals surface area contributed by atoms with Gasteiger partial charge in [0.05, 0.1) is 5.57 Å². The molecule has 0 unspecified atom stereocenters. The highest BCUT2D eigenvalue weighted by Crippen LogP contribution is 2.47. The SMILES string of the molecule is CC1(C)CC2(C=C(C#N)C1=O)CN(C(=O)COc1cccc(Cl)c1)C2. The number of Topliss-reactive ketones (excluding diaryl/α,β-unsaturated/α-hetero) is 1. The third kappa shape index (κ3) is 3.40. The van der Waals surface area contributed by atoms with E-state index in [9.17, 15) is 14.9 Å². The van der Waals surface area contributed by atoms with Crippen molar-refractivity contribution < 1.29 is 14.3 Å². The number of carbonyl (C=O) groups is 2. The summed E-state index contributed by atoms with van der Waals surface area (Å²) in [5.41, 5.74) is -0.654. The molecule has 1 fully saturated rings. The zero-order valence-corrected chi connectivity index (χ0v) is 15.0. The van der Waals surface area contributed by atoms with Gasteiger partial charge in [0.2, 0.25) is 0 Å². The van der Waals surface area contributed by atoms with E-state index >= 15 is 0 Å². The van der Waals surface area contributed by atoms with E-state index in [1.54, 1.807) is 35.2 Å². The molecule has 0 aromatic heterocycles. The van der Waals surface area contributed by atoms with E-state index in [4.69, 9.17) is 16.3 Å². The number of ether oxygens (including phenoxy) is 1. The zero-order chi connectivity index (χ0) is 18.2. The summed E-state index contributed by atoms with van der Waals surface area (Å²) in [4.78, 5) is 26.2. The predicted molar refractivity (Wildman–Crippen MR) is 93.1 cm³/mol. The van der Waals surface area contributed by atoms with Crippen molar-refractivity contribution in [1.82, 2.24) is 4.90 Å². The Morgan fingerprint density at radius 1 is 1.40 bits per heavy atom. The molecule has 3 rings (SSSR count). The summed E-state index contributed by atoms with van der Waals surface area (Å²) < 4.78 is 5.48. The summed E-state index contributed by atoms with van der Waals surface area (Å²) in [5.74, 6) is 0.314. The first kappa shape index (κ1) is 17.5. The van der Waals surface area contributed by atoms with Gasteiger partial charge in [0, 0.05) is 28.9 Å². The van der Waals surface area contributed by atoms with E-state index < -0.39 is 5.41 Å². The lowest BCUT2D eigenvalue weighted by molar-refractivity contribution is -0.146. The first-order valence-electron chi connectivity index (χ1n) is 8.09. The number of allylic oxidation sites excluding steroid dienone is 1. The Hall–Kier alpha value is -2.32. The summed E-state index contributed by atoms with van der Waals surface area (Å²) in [6.45, 7) is 4.66. The molecule has 1 aromatic carbocycles. The van der Waals surface area contributed by atoms with Crippen LogP contribution in [0.5, 0.6) is 5.75 Å². The molecule has 2 aliphatic rings. The number of halogens is 1. The van der Waals surface area contributed by atoms with Crippen molar-refractivity contribution in [2.24, 2.45) is 10.8 Å². The van der Waals surface area contributed by atoms with Gasteiger partial charge < -0.3 is 9.64 Å². The zero-order valence-electron chi connectivity index (χ0n) is 14.2. The molecule has 1 amide bonds. The Kier molecular flexibility index (Phi) is 4.34. The second kappa shape index (κ2) is 6.20. The fourth-order valence-electron chi connectivity index (χ4n) is 3.72. The molecule has 0 radical (unpaired) electrons. The molecule has 0 saturated carbocycles. The first-order valence-corrected chi connectivity index (χ1v) is 8.46. The summed E-state index contributed by atoms with van der Waals surface area (Å²) in [5, 5.41) is 9.75.